The number of hydrogen-bond acceptors (Lipinski definition) is 5. The van der Waals surface area contributed by atoms with E-state index in [4.69, 9.17) is 16.3 Å². The Morgan fingerprint density at radius 3 is 2.42 bits per heavy atom. The van der Waals surface area contributed by atoms with Gasteiger partial charge in [0.2, 0.25) is 0 Å². The van der Waals surface area contributed by atoms with Crippen LogP contribution in [0.1, 0.15) is 32.1 Å². The third kappa shape index (κ3) is 4.83. The molecule has 0 N–H and O–H groups in total. The Bertz CT molecular complexity index is 1250. The van der Waals surface area contributed by atoms with Gasteiger partial charge >= 0.3 is 5.56 Å². The van der Waals surface area contributed by atoms with Gasteiger partial charge < -0.3 is 4.74 Å². The van der Waals surface area contributed by atoms with Crippen LogP contribution in [-0.4, -0.2) is 30.6 Å². The second kappa shape index (κ2) is 8.85. The SMILES string of the molecule is CS(=O)(=O)c1ccc(-c2cnn(-c3cccc(Cl)c3)c(=O)c2OC2CCCCC2)cc1. The van der Waals surface area contributed by atoms with Crippen molar-refractivity contribution >= 4 is 21.4 Å². The molecule has 1 saturated carbocycles. The van der Waals surface area contributed by atoms with E-state index in [-0.39, 0.29) is 22.3 Å². The highest BCUT2D eigenvalue weighted by atomic mass is 35.5. The molecule has 1 aliphatic rings. The van der Waals surface area contributed by atoms with Crippen LogP contribution in [0, 0.1) is 0 Å². The first kappa shape index (κ1) is 21.6. The molecule has 6 nitrogen and oxygen atoms in total. The molecule has 0 unspecified atom stereocenters. The first-order valence-corrected chi connectivity index (χ1v) is 12.5. The molecule has 0 bridgehead atoms. The molecule has 0 atom stereocenters. The predicted molar refractivity (Wildman–Crippen MR) is 121 cm³/mol. The average molecular weight is 459 g/mol. The minimum atomic E-state index is -3.31. The van der Waals surface area contributed by atoms with Crippen molar-refractivity contribution in [3.8, 4) is 22.6 Å². The summed E-state index contributed by atoms with van der Waals surface area (Å²) in [6.45, 7) is 0. The zero-order valence-electron chi connectivity index (χ0n) is 17.1. The summed E-state index contributed by atoms with van der Waals surface area (Å²) in [6.07, 6.45) is 7.79. The standard InChI is InChI=1S/C23H23ClN2O4S/c1-31(28,29)20-12-10-16(11-13-20)21-15-25-26(18-7-5-6-17(24)14-18)23(27)22(21)30-19-8-3-2-4-9-19/h5-7,10-15,19H,2-4,8-9H2,1H3. The molecule has 8 heteroatoms. The van der Waals surface area contributed by atoms with E-state index in [2.05, 4.69) is 5.10 Å². The molecule has 0 saturated heterocycles. The smallest absolute Gasteiger partial charge is 0.314 e. The summed E-state index contributed by atoms with van der Waals surface area (Å²) >= 11 is 6.10. The van der Waals surface area contributed by atoms with Crippen LogP contribution >= 0.6 is 11.6 Å². The maximum Gasteiger partial charge on any atom is 0.314 e. The third-order valence-electron chi connectivity index (χ3n) is 5.42. The number of sulfone groups is 1. The summed E-state index contributed by atoms with van der Waals surface area (Å²) in [5.74, 6) is 0.217. The van der Waals surface area contributed by atoms with Gasteiger partial charge in [0.05, 0.1) is 22.9 Å². The second-order valence-electron chi connectivity index (χ2n) is 7.76. The van der Waals surface area contributed by atoms with Gasteiger partial charge in [0, 0.05) is 16.8 Å². The number of rotatable bonds is 5. The van der Waals surface area contributed by atoms with Crippen LogP contribution < -0.4 is 10.3 Å². The predicted octanol–water partition coefficient (Wildman–Crippen LogP) is 4.67. The Morgan fingerprint density at radius 2 is 1.77 bits per heavy atom. The van der Waals surface area contributed by atoms with Crippen molar-refractivity contribution in [1.29, 1.82) is 0 Å². The molecule has 1 aliphatic carbocycles. The lowest BCUT2D eigenvalue weighted by Crippen LogP contribution is -2.28. The summed E-state index contributed by atoms with van der Waals surface area (Å²) < 4.78 is 31.1. The largest absolute Gasteiger partial charge is 0.484 e. The van der Waals surface area contributed by atoms with Crippen molar-refractivity contribution in [2.45, 2.75) is 43.1 Å². The monoisotopic (exact) mass is 458 g/mol. The van der Waals surface area contributed by atoms with Crippen molar-refractivity contribution in [3.63, 3.8) is 0 Å². The average Bonchev–Trinajstić information content (AvgIpc) is 2.75. The van der Waals surface area contributed by atoms with Gasteiger partial charge in [0.1, 0.15) is 0 Å². The van der Waals surface area contributed by atoms with Crippen LogP contribution in [0.15, 0.2) is 64.4 Å². The van der Waals surface area contributed by atoms with E-state index in [1.807, 2.05) is 0 Å². The van der Waals surface area contributed by atoms with Crippen molar-refractivity contribution in [2.24, 2.45) is 0 Å². The minimum Gasteiger partial charge on any atom is -0.484 e. The van der Waals surface area contributed by atoms with Crippen molar-refractivity contribution < 1.29 is 13.2 Å². The number of aromatic nitrogens is 2. The summed E-state index contributed by atoms with van der Waals surface area (Å²) in [4.78, 5) is 13.6. The van der Waals surface area contributed by atoms with Crippen LogP contribution in [0.4, 0.5) is 0 Å². The molecule has 0 amide bonds. The highest BCUT2D eigenvalue weighted by molar-refractivity contribution is 7.90. The number of nitrogens with zero attached hydrogens (tertiary/aromatic N) is 2. The van der Waals surface area contributed by atoms with Crippen molar-refractivity contribution in [2.75, 3.05) is 6.26 Å². The first-order chi connectivity index (χ1) is 14.8. The van der Waals surface area contributed by atoms with Gasteiger partial charge in [-0.15, -0.1) is 0 Å². The number of benzene rings is 2. The Kier molecular flexibility index (Phi) is 6.16. The molecule has 0 aliphatic heterocycles. The van der Waals surface area contributed by atoms with E-state index >= 15 is 0 Å². The third-order valence-corrected chi connectivity index (χ3v) is 6.78. The molecule has 0 radical (unpaired) electrons. The molecule has 3 aromatic rings. The quantitative estimate of drug-likeness (QED) is 0.555. The second-order valence-corrected chi connectivity index (χ2v) is 10.2. The maximum atomic E-state index is 13.4. The lowest BCUT2D eigenvalue weighted by Gasteiger charge is -2.24. The van der Waals surface area contributed by atoms with Crippen molar-refractivity contribution in [3.05, 3.63) is 70.1 Å². The van der Waals surface area contributed by atoms with Crippen LogP contribution in [0.25, 0.3) is 16.8 Å². The lowest BCUT2D eigenvalue weighted by molar-refractivity contribution is 0.152. The molecule has 162 valence electrons. The molecule has 4 rings (SSSR count). The molecule has 1 heterocycles. The van der Waals surface area contributed by atoms with Crippen LogP contribution in [0.5, 0.6) is 5.75 Å². The van der Waals surface area contributed by atoms with Crippen LogP contribution in [0.3, 0.4) is 0 Å². The maximum absolute atomic E-state index is 13.4. The normalized spacial score (nSPS) is 15.0. The molecule has 0 spiro atoms. The Balaban J connectivity index is 1.82. The van der Waals surface area contributed by atoms with Gasteiger partial charge in [-0.05, 0) is 61.6 Å². The molecule has 1 aromatic heterocycles. The molecule has 2 aromatic carbocycles. The fourth-order valence-electron chi connectivity index (χ4n) is 3.78. The highest BCUT2D eigenvalue weighted by Crippen LogP contribution is 2.31. The number of halogens is 1. The van der Waals surface area contributed by atoms with E-state index in [9.17, 15) is 13.2 Å². The van der Waals surface area contributed by atoms with E-state index in [0.717, 1.165) is 31.9 Å². The number of ether oxygens (including phenoxy) is 1. The summed E-state index contributed by atoms with van der Waals surface area (Å²) in [7, 11) is -3.31. The summed E-state index contributed by atoms with van der Waals surface area (Å²) in [5.41, 5.74) is 1.37. The van der Waals surface area contributed by atoms with E-state index < -0.39 is 9.84 Å². The molecule has 31 heavy (non-hydrogen) atoms. The molecule has 1 fully saturated rings. The van der Waals surface area contributed by atoms with Gasteiger partial charge in [-0.1, -0.05) is 36.2 Å². The summed E-state index contributed by atoms with van der Waals surface area (Å²) in [6, 6.07) is 13.3. The topological polar surface area (TPSA) is 78.3 Å². The number of hydrogen-bond donors (Lipinski definition) is 0. The highest BCUT2D eigenvalue weighted by Gasteiger charge is 2.22. The van der Waals surface area contributed by atoms with E-state index in [1.54, 1.807) is 42.6 Å². The Labute approximate surface area is 186 Å². The van der Waals surface area contributed by atoms with E-state index in [0.29, 0.717) is 21.8 Å². The van der Waals surface area contributed by atoms with Crippen LogP contribution in [-0.2, 0) is 9.84 Å². The minimum absolute atomic E-state index is 0.0364. The first-order valence-electron chi connectivity index (χ1n) is 10.2. The van der Waals surface area contributed by atoms with Crippen LogP contribution in [0.2, 0.25) is 5.02 Å². The molecular weight excluding hydrogens is 436 g/mol. The lowest BCUT2D eigenvalue weighted by atomic mass is 9.97. The van der Waals surface area contributed by atoms with Gasteiger partial charge in [0.15, 0.2) is 15.6 Å². The van der Waals surface area contributed by atoms with E-state index in [1.165, 1.54) is 23.2 Å². The van der Waals surface area contributed by atoms with Gasteiger partial charge in [0.25, 0.3) is 0 Å². The summed E-state index contributed by atoms with van der Waals surface area (Å²) in [5, 5.41) is 4.84. The zero-order chi connectivity index (χ0) is 22.0. The van der Waals surface area contributed by atoms with Gasteiger partial charge in [-0.25, -0.2) is 8.42 Å². The fourth-order valence-corrected chi connectivity index (χ4v) is 4.60. The Hall–Kier alpha value is -2.64. The Morgan fingerprint density at radius 1 is 1.06 bits per heavy atom. The van der Waals surface area contributed by atoms with Crippen molar-refractivity contribution in [1.82, 2.24) is 9.78 Å². The molecular formula is C23H23ClN2O4S. The van der Waals surface area contributed by atoms with Gasteiger partial charge in [-0.2, -0.15) is 9.78 Å². The zero-order valence-corrected chi connectivity index (χ0v) is 18.7. The fraction of sp³-hybridized carbons (Fsp3) is 0.304. The van der Waals surface area contributed by atoms with Gasteiger partial charge in [-0.3, -0.25) is 4.79 Å².